The average Bonchev–Trinajstić information content (AvgIpc) is 2.38. The van der Waals surface area contributed by atoms with Gasteiger partial charge in [0.05, 0.1) is 0 Å². The first kappa shape index (κ1) is 12.5. The number of rotatable bonds is 4. The largest absolute Gasteiger partial charge is 0.308 e. The van der Waals surface area contributed by atoms with Gasteiger partial charge in [-0.25, -0.2) is 0 Å². The zero-order valence-corrected chi connectivity index (χ0v) is 10.9. The number of hydrogen-bond donors (Lipinski definition) is 1. The zero-order valence-electron chi connectivity index (χ0n) is 10.9. The Morgan fingerprint density at radius 2 is 2.18 bits per heavy atom. The minimum Gasteiger partial charge on any atom is -0.308 e. The predicted octanol–water partition coefficient (Wildman–Crippen LogP) is 2.04. The molecule has 17 heavy (non-hydrogen) atoms. The van der Waals surface area contributed by atoms with Crippen LogP contribution >= 0.6 is 0 Å². The van der Waals surface area contributed by atoms with Crippen LogP contribution in [0, 0.1) is 0 Å². The number of aromatic nitrogens is 1. The fourth-order valence-corrected chi connectivity index (χ4v) is 2.72. The number of nitrogens with zero attached hydrogens (tertiary/aromatic N) is 2. The van der Waals surface area contributed by atoms with Crippen LogP contribution in [0.5, 0.6) is 0 Å². The lowest BCUT2D eigenvalue weighted by Crippen LogP contribution is -2.48. The lowest BCUT2D eigenvalue weighted by Gasteiger charge is -2.36. The molecule has 0 aromatic carbocycles. The SMILES string of the molecule is CN(C)C1CCCCC1NCc1cccnc1. The molecule has 1 saturated carbocycles. The maximum atomic E-state index is 4.15. The molecule has 1 aliphatic carbocycles. The first-order valence-electron chi connectivity index (χ1n) is 6.56. The average molecular weight is 233 g/mol. The Hall–Kier alpha value is -0.930. The van der Waals surface area contributed by atoms with Crippen molar-refractivity contribution in [2.24, 2.45) is 0 Å². The van der Waals surface area contributed by atoms with E-state index >= 15 is 0 Å². The van der Waals surface area contributed by atoms with Gasteiger partial charge in [0, 0.05) is 31.0 Å². The van der Waals surface area contributed by atoms with E-state index in [0.717, 1.165) is 6.54 Å². The fraction of sp³-hybridized carbons (Fsp3) is 0.643. The van der Waals surface area contributed by atoms with Crippen molar-refractivity contribution in [1.82, 2.24) is 15.2 Å². The molecule has 3 nitrogen and oxygen atoms in total. The van der Waals surface area contributed by atoms with Crippen LogP contribution in [0.3, 0.4) is 0 Å². The molecular weight excluding hydrogens is 210 g/mol. The Morgan fingerprint density at radius 1 is 1.35 bits per heavy atom. The maximum absolute atomic E-state index is 4.15. The van der Waals surface area contributed by atoms with Crippen molar-refractivity contribution in [2.45, 2.75) is 44.3 Å². The van der Waals surface area contributed by atoms with Crippen molar-refractivity contribution in [3.05, 3.63) is 30.1 Å². The summed E-state index contributed by atoms with van der Waals surface area (Å²) < 4.78 is 0. The highest BCUT2D eigenvalue weighted by atomic mass is 15.1. The molecule has 1 aromatic rings. The summed E-state index contributed by atoms with van der Waals surface area (Å²) in [6.45, 7) is 0.933. The molecule has 0 aliphatic heterocycles. The summed E-state index contributed by atoms with van der Waals surface area (Å²) in [6, 6.07) is 5.44. The molecular formula is C14H23N3. The highest BCUT2D eigenvalue weighted by Gasteiger charge is 2.25. The zero-order chi connectivity index (χ0) is 12.1. The van der Waals surface area contributed by atoms with Gasteiger partial charge < -0.3 is 10.2 Å². The van der Waals surface area contributed by atoms with Crippen LogP contribution in [0.15, 0.2) is 24.5 Å². The van der Waals surface area contributed by atoms with Crippen LogP contribution in [0.4, 0.5) is 0 Å². The lowest BCUT2D eigenvalue weighted by atomic mass is 9.89. The van der Waals surface area contributed by atoms with E-state index in [1.807, 2.05) is 18.5 Å². The first-order chi connectivity index (χ1) is 8.27. The van der Waals surface area contributed by atoms with Gasteiger partial charge in [-0.2, -0.15) is 0 Å². The topological polar surface area (TPSA) is 28.2 Å². The van der Waals surface area contributed by atoms with Crippen molar-refractivity contribution >= 4 is 0 Å². The molecule has 0 bridgehead atoms. The molecule has 0 radical (unpaired) electrons. The van der Waals surface area contributed by atoms with Gasteiger partial charge in [-0.15, -0.1) is 0 Å². The highest BCUT2D eigenvalue weighted by molar-refractivity contribution is 5.08. The van der Waals surface area contributed by atoms with Crippen molar-refractivity contribution in [2.75, 3.05) is 14.1 Å². The van der Waals surface area contributed by atoms with E-state index in [4.69, 9.17) is 0 Å². The molecule has 1 N–H and O–H groups in total. The third-order valence-electron chi connectivity index (χ3n) is 3.68. The van der Waals surface area contributed by atoms with Crippen molar-refractivity contribution < 1.29 is 0 Å². The summed E-state index contributed by atoms with van der Waals surface area (Å²) in [4.78, 5) is 6.51. The molecule has 3 heteroatoms. The Balaban J connectivity index is 1.88. The van der Waals surface area contributed by atoms with Crippen LogP contribution in [0.25, 0.3) is 0 Å². The van der Waals surface area contributed by atoms with Gasteiger partial charge in [-0.1, -0.05) is 18.9 Å². The van der Waals surface area contributed by atoms with Gasteiger partial charge in [-0.3, -0.25) is 4.98 Å². The monoisotopic (exact) mass is 233 g/mol. The summed E-state index contributed by atoms with van der Waals surface area (Å²) in [6.07, 6.45) is 9.11. The second-order valence-electron chi connectivity index (χ2n) is 5.16. The molecule has 0 saturated heterocycles. The van der Waals surface area contributed by atoms with Gasteiger partial charge >= 0.3 is 0 Å². The van der Waals surface area contributed by atoms with Gasteiger partial charge in [0.1, 0.15) is 0 Å². The van der Waals surface area contributed by atoms with E-state index in [9.17, 15) is 0 Å². The Bertz CT molecular complexity index is 323. The van der Waals surface area contributed by atoms with Crippen LogP contribution in [-0.2, 0) is 6.54 Å². The molecule has 1 aromatic heterocycles. The molecule has 1 aliphatic rings. The fourth-order valence-electron chi connectivity index (χ4n) is 2.72. The molecule has 1 heterocycles. The second kappa shape index (κ2) is 6.12. The van der Waals surface area contributed by atoms with Crippen molar-refractivity contribution in [3.8, 4) is 0 Å². The number of pyridine rings is 1. The smallest absolute Gasteiger partial charge is 0.0312 e. The van der Waals surface area contributed by atoms with E-state index in [2.05, 4.69) is 35.4 Å². The molecule has 1 fully saturated rings. The summed E-state index contributed by atoms with van der Waals surface area (Å²) >= 11 is 0. The quantitative estimate of drug-likeness (QED) is 0.862. The van der Waals surface area contributed by atoms with Crippen LogP contribution in [0.2, 0.25) is 0 Å². The normalized spacial score (nSPS) is 25.1. The molecule has 0 amide bonds. The molecule has 94 valence electrons. The Morgan fingerprint density at radius 3 is 2.88 bits per heavy atom. The Kier molecular flexibility index (Phi) is 4.51. The van der Waals surface area contributed by atoms with Crippen LogP contribution in [0.1, 0.15) is 31.2 Å². The Labute approximate surface area is 104 Å². The van der Waals surface area contributed by atoms with Crippen molar-refractivity contribution in [3.63, 3.8) is 0 Å². The first-order valence-corrected chi connectivity index (χ1v) is 6.56. The third kappa shape index (κ3) is 3.51. The molecule has 2 atom stereocenters. The lowest BCUT2D eigenvalue weighted by molar-refractivity contribution is 0.176. The van der Waals surface area contributed by atoms with Crippen LogP contribution in [-0.4, -0.2) is 36.1 Å². The van der Waals surface area contributed by atoms with E-state index in [1.165, 1.54) is 31.2 Å². The minimum atomic E-state index is 0.624. The number of likely N-dealkylation sites (N-methyl/N-ethyl adjacent to an activating group) is 1. The summed E-state index contributed by atoms with van der Waals surface area (Å²) in [5, 5.41) is 3.69. The van der Waals surface area contributed by atoms with Gasteiger partial charge in [0.15, 0.2) is 0 Å². The predicted molar refractivity (Wildman–Crippen MR) is 70.8 cm³/mol. The van der Waals surface area contributed by atoms with Gasteiger partial charge in [0.25, 0.3) is 0 Å². The minimum absolute atomic E-state index is 0.624. The molecule has 2 rings (SSSR count). The standard InChI is InChI=1S/C14H23N3/c1-17(2)14-8-4-3-7-13(14)16-11-12-6-5-9-15-10-12/h5-6,9-10,13-14,16H,3-4,7-8,11H2,1-2H3. The maximum Gasteiger partial charge on any atom is 0.0312 e. The third-order valence-corrected chi connectivity index (χ3v) is 3.68. The van der Waals surface area contributed by atoms with E-state index in [1.54, 1.807) is 0 Å². The van der Waals surface area contributed by atoms with Gasteiger partial charge in [0.2, 0.25) is 0 Å². The summed E-state index contributed by atoms with van der Waals surface area (Å²) in [7, 11) is 4.38. The second-order valence-corrected chi connectivity index (χ2v) is 5.16. The molecule has 0 spiro atoms. The number of hydrogen-bond acceptors (Lipinski definition) is 3. The molecule has 2 unspecified atom stereocenters. The number of nitrogens with one attached hydrogen (secondary N) is 1. The van der Waals surface area contributed by atoms with E-state index in [0.29, 0.717) is 12.1 Å². The highest BCUT2D eigenvalue weighted by Crippen LogP contribution is 2.21. The summed E-state index contributed by atoms with van der Waals surface area (Å²) in [5.74, 6) is 0. The van der Waals surface area contributed by atoms with Crippen LogP contribution < -0.4 is 5.32 Å². The van der Waals surface area contributed by atoms with Crippen molar-refractivity contribution in [1.29, 1.82) is 0 Å². The van der Waals surface area contributed by atoms with E-state index in [-0.39, 0.29) is 0 Å². The van der Waals surface area contributed by atoms with E-state index < -0.39 is 0 Å². The van der Waals surface area contributed by atoms with Gasteiger partial charge in [-0.05, 0) is 38.6 Å². The summed E-state index contributed by atoms with van der Waals surface area (Å²) in [5.41, 5.74) is 1.27.